The third-order valence-electron chi connectivity index (χ3n) is 4.05. The summed E-state index contributed by atoms with van der Waals surface area (Å²) in [4.78, 5) is 16.2. The third-order valence-corrected chi connectivity index (χ3v) is 4.05. The van der Waals surface area contributed by atoms with E-state index in [9.17, 15) is 4.79 Å². The van der Waals surface area contributed by atoms with Crippen LogP contribution in [0.15, 0.2) is 0 Å². The molecule has 0 aliphatic carbocycles. The molecule has 1 amide bonds. The predicted octanol–water partition coefficient (Wildman–Crippen LogP) is 0.258. The van der Waals surface area contributed by atoms with Gasteiger partial charge in [-0.2, -0.15) is 0 Å². The second-order valence-corrected chi connectivity index (χ2v) is 5.29. The van der Waals surface area contributed by atoms with Gasteiger partial charge in [-0.25, -0.2) is 0 Å². The highest BCUT2D eigenvalue weighted by atomic mass is 16.1. The Balaban J connectivity index is 2.19. The molecule has 1 saturated heterocycles. The Morgan fingerprint density at radius 3 is 2.53 bits per heavy atom. The van der Waals surface area contributed by atoms with Gasteiger partial charge in [0, 0.05) is 45.7 Å². The highest BCUT2D eigenvalue weighted by molar-refractivity contribution is 5.75. The topological polar surface area (TPSA) is 61.6 Å². The minimum absolute atomic E-state index is 0.146. The van der Waals surface area contributed by atoms with Gasteiger partial charge in [0.05, 0.1) is 0 Å². The van der Waals surface area contributed by atoms with Crippen molar-refractivity contribution < 1.29 is 4.79 Å². The lowest BCUT2D eigenvalue weighted by atomic mass is 10.1. The molecule has 0 radical (unpaired) electrons. The Hall–Kier alpha value is -0.650. The van der Waals surface area contributed by atoms with E-state index in [-0.39, 0.29) is 5.91 Å². The van der Waals surface area contributed by atoms with E-state index >= 15 is 0 Å². The van der Waals surface area contributed by atoms with Gasteiger partial charge in [-0.15, -0.1) is 0 Å². The molecule has 112 valence electrons. The minimum atomic E-state index is 0.146. The van der Waals surface area contributed by atoms with E-state index in [1.165, 1.54) is 6.42 Å². The molecule has 0 spiro atoms. The number of rotatable bonds is 8. The van der Waals surface area contributed by atoms with Crippen LogP contribution in [0.25, 0.3) is 0 Å². The lowest BCUT2D eigenvalue weighted by Crippen LogP contribution is -2.50. The molecule has 5 heteroatoms. The standard InChI is InChI=1S/C14H30N4O/c1-3-13(6-7-15)18-11-9-17(10-12-18)8-4-5-14(19)16-2/h13H,3-12,15H2,1-2H3,(H,16,19). The van der Waals surface area contributed by atoms with E-state index in [0.717, 1.165) is 52.1 Å². The van der Waals surface area contributed by atoms with Gasteiger partial charge in [0.2, 0.25) is 5.91 Å². The molecule has 0 bridgehead atoms. The monoisotopic (exact) mass is 270 g/mol. The number of carbonyl (C=O) groups excluding carboxylic acids is 1. The summed E-state index contributed by atoms with van der Waals surface area (Å²) in [6, 6.07) is 0.651. The highest BCUT2D eigenvalue weighted by Gasteiger charge is 2.21. The molecule has 5 nitrogen and oxygen atoms in total. The second-order valence-electron chi connectivity index (χ2n) is 5.29. The van der Waals surface area contributed by atoms with Gasteiger partial charge in [0.1, 0.15) is 0 Å². The number of hydrogen-bond donors (Lipinski definition) is 2. The second kappa shape index (κ2) is 9.28. The minimum Gasteiger partial charge on any atom is -0.359 e. The quantitative estimate of drug-likeness (QED) is 0.664. The Labute approximate surface area is 117 Å². The van der Waals surface area contributed by atoms with Crippen molar-refractivity contribution in [3.63, 3.8) is 0 Å². The van der Waals surface area contributed by atoms with Crippen molar-refractivity contribution in [1.29, 1.82) is 0 Å². The predicted molar refractivity (Wildman–Crippen MR) is 79.1 cm³/mol. The van der Waals surface area contributed by atoms with Crippen LogP contribution in [0.3, 0.4) is 0 Å². The fourth-order valence-electron chi connectivity index (χ4n) is 2.78. The van der Waals surface area contributed by atoms with E-state index < -0.39 is 0 Å². The largest absolute Gasteiger partial charge is 0.359 e. The Morgan fingerprint density at radius 2 is 2.00 bits per heavy atom. The molecule has 1 aliphatic heterocycles. The van der Waals surface area contributed by atoms with Crippen LogP contribution in [-0.4, -0.2) is 68.1 Å². The van der Waals surface area contributed by atoms with Gasteiger partial charge in [-0.05, 0) is 32.4 Å². The average Bonchev–Trinajstić information content (AvgIpc) is 2.45. The van der Waals surface area contributed by atoms with Gasteiger partial charge in [-0.1, -0.05) is 6.92 Å². The molecule has 1 heterocycles. The van der Waals surface area contributed by atoms with Gasteiger partial charge < -0.3 is 16.0 Å². The first-order valence-electron chi connectivity index (χ1n) is 7.58. The zero-order valence-corrected chi connectivity index (χ0v) is 12.5. The average molecular weight is 270 g/mol. The fraction of sp³-hybridized carbons (Fsp3) is 0.929. The summed E-state index contributed by atoms with van der Waals surface area (Å²) in [6.07, 6.45) is 3.89. The van der Waals surface area contributed by atoms with Crippen molar-refractivity contribution in [2.24, 2.45) is 5.73 Å². The van der Waals surface area contributed by atoms with Crippen molar-refractivity contribution >= 4 is 5.91 Å². The van der Waals surface area contributed by atoms with Gasteiger partial charge in [-0.3, -0.25) is 9.69 Å². The number of amides is 1. The summed E-state index contributed by atoms with van der Waals surface area (Å²) in [5.41, 5.74) is 5.67. The summed E-state index contributed by atoms with van der Waals surface area (Å²) >= 11 is 0. The molecule has 0 aromatic carbocycles. The number of hydrogen-bond acceptors (Lipinski definition) is 4. The first-order valence-corrected chi connectivity index (χ1v) is 7.58. The zero-order chi connectivity index (χ0) is 14.1. The van der Waals surface area contributed by atoms with Crippen LogP contribution in [0.5, 0.6) is 0 Å². The zero-order valence-electron chi connectivity index (χ0n) is 12.5. The lowest BCUT2D eigenvalue weighted by molar-refractivity contribution is -0.120. The molecular formula is C14H30N4O. The van der Waals surface area contributed by atoms with E-state index in [4.69, 9.17) is 5.73 Å². The Morgan fingerprint density at radius 1 is 1.32 bits per heavy atom. The van der Waals surface area contributed by atoms with E-state index in [0.29, 0.717) is 12.5 Å². The summed E-state index contributed by atoms with van der Waals surface area (Å²) in [5.74, 6) is 0.146. The maximum atomic E-state index is 11.2. The van der Waals surface area contributed by atoms with Crippen LogP contribution in [0.4, 0.5) is 0 Å². The molecule has 1 rings (SSSR count). The maximum absolute atomic E-state index is 11.2. The fourth-order valence-corrected chi connectivity index (χ4v) is 2.78. The summed E-state index contributed by atoms with van der Waals surface area (Å²) < 4.78 is 0. The van der Waals surface area contributed by atoms with Crippen LogP contribution in [0.1, 0.15) is 32.6 Å². The SMILES string of the molecule is CCC(CCN)N1CCN(CCCC(=O)NC)CC1. The summed E-state index contributed by atoms with van der Waals surface area (Å²) in [5, 5.41) is 2.67. The number of nitrogens with two attached hydrogens (primary N) is 1. The summed E-state index contributed by atoms with van der Waals surface area (Å²) in [7, 11) is 1.70. The first-order chi connectivity index (χ1) is 9.21. The van der Waals surface area contributed by atoms with E-state index in [1.807, 2.05) is 0 Å². The molecule has 1 fully saturated rings. The number of nitrogens with one attached hydrogen (secondary N) is 1. The normalized spacial score (nSPS) is 19.3. The van der Waals surface area contributed by atoms with Crippen molar-refractivity contribution in [1.82, 2.24) is 15.1 Å². The van der Waals surface area contributed by atoms with Gasteiger partial charge in [0.15, 0.2) is 0 Å². The first kappa shape index (κ1) is 16.4. The molecule has 19 heavy (non-hydrogen) atoms. The van der Waals surface area contributed by atoms with Crippen LogP contribution in [-0.2, 0) is 4.79 Å². The molecule has 1 unspecified atom stereocenters. The number of carbonyl (C=O) groups is 1. The van der Waals surface area contributed by atoms with E-state index in [2.05, 4.69) is 22.0 Å². The number of piperazine rings is 1. The lowest BCUT2D eigenvalue weighted by Gasteiger charge is -2.39. The molecule has 0 aromatic heterocycles. The highest BCUT2D eigenvalue weighted by Crippen LogP contribution is 2.12. The molecule has 0 aromatic rings. The van der Waals surface area contributed by atoms with Gasteiger partial charge in [0.25, 0.3) is 0 Å². The maximum Gasteiger partial charge on any atom is 0.219 e. The molecule has 1 aliphatic rings. The summed E-state index contributed by atoms with van der Waals surface area (Å²) in [6.45, 7) is 8.58. The molecular weight excluding hydrogens is 240 g/mol. The molecule has 1 atom stereocenters. The molecule has 0 saturated carbocycles. The third kappa shape index (κ3) is 5.89. The number of nitrogens with zero attached hydrogens (tertiary/aromatic N) is 2. The van der Waals surface area contributed by atoms with Crippen LogP contribution in [0.2, 0.25) is 0 Å². The van der Waals surface area contributed by atoms with Crippen LogP contribution < -0.4 is 11.1 Å². The van der Waals surface area contributed by atoms with Crippen LogP contribution in [0, 0.1) is 0 Å². The Kier molecular flexibility index (Phi) is 8.02. The molecule has 3 N–H and O–H groups in total. The van der Waals surface area contributed by atoms with Crippen molar-refractivity contribution in [2.75, 3.05) is 46.3 Å². The van der Waals surface area contributed by atoms with E-state index in [1.54, 1.807) is 7.05 Å². The van der Waals surface area contributed by atoms with Crippen molar-refractivity contribution in [3.8, 4) is 0 Å². The van der Waals surface area contributed by atoms with Gasteiger partial charge >= 0.3 is 0 Å². The Bertz CT molecular complexity index is 252. The van der Waals surface area contributed by atoms with Crippen LogP contribution >= 0.6 is 0 Å². The van der Waals surface area contributed by atoms with Crippen molar-refractivity contribution in [2.45, 2.75) is 38.6 Å². The smallest absolute Gasteiger partial charge is 0.219 e. The van der Waals surface area contributed by atoms with Crippen molar-refractivity contribution in [3.05, 3.63) is 0 Å².